The molecule has 1 amide bonds. The van der Waals surface area contributed by atoms with Gasteiger partial charge in [-0.25, -0.2) is 0 Å². The van der Waals surface area contributed by atoms with Crippen molar-refractivity contribution in [3.63, 3.8) is 0 Å². The summed E-state index contributed by atoms with van der Waals surface area (Å²) in [5.41, 5.74) is 2.28. The van der Waals surface area contributed by atoms with Crippen LogP contribution < -0.4 is 5.32 Å². The van der Waals surface area contributed by atoms with Crippen LogP contribution in [0, 0.1) is 5.92 Å². The molecule has 0 radical (unpaired) electrons. The third kappa shape index (κ3) is 2.29. The van der Waals surface area contributed by atoms with Gasteiger partial charge >= 0.3 is 0 Å². The summed E-state index contributed by atoms with van der Waals surface area (Å²) in [6, 6.07) is 0. The van der Waals surface area contributed by atoms with E-state index in [1.165, 1.54) is 24.8 Å². The first-order valence-corrected chi connectivity index (χ1v) is 6.41. The Bertz CT molecular complexity index is 303. The first kappa shape index (κ1) is 11.6. The van der Waals surface area contributed by atoms with Gasteiger partial charge < -0.3 is 10.2 Å². The molecule has 3 heteroatoms. The van der Waals surface area contributed by atoms with Gasteiger partial charge in [-0.05, 0) is 31.3 Å². The number of rotatable bonds is 2. The van der Waals surface area contributed by atoms with Crippen LogP contribution in [0.2, 0.25) is 0 Å². The Morgan fingerprint density at radius 3 is 2.81 bits per heavy atom. The Balaban J connectivity index is 1.98. The fraction of sp³-hybridized carbons (Fsp3) is 0.769. The van der Waals surface area contributed by atoms with Crippen molar-refractivity contribution in [1.82, 2.24) is 10.2 Å². The second-order valence-electron chi connectivity index (χ2n) is 5.00. The van der Waals surface area contributed by atoms with E-state index in [2.05, 4.69) is 17.1 Å². The van der Waals surface area contributed by atoms with E-state index in [0.29, 0.717) is 0 Å². The second-order valence-corrected chi connectivity index (χ2v) is 5.00. The van der Waals surface area contributed by atoms with Crippen LogP contribution >= 0.6 is 0 Å². The minimum atomic E-state index is 0.273. The lowest BCUT2D eigenvalue weighted by Gasteiger charge is -2.33. The van der Waals surface area contributed by atoms with E-state index in [4.69, 9.17) is 0 Å². The quantitative estimate of drug-likeness (QED) is 0.719. The molecule has 2 aliphatic rings. The highest BCUT2D eigenvalue weighted by atomic mass is 16.2. The van der Waals surface area contributed by atoms with Gasteiger partial charge in [0, 0.05) is 31.8 Å². The number of nitrogens with zero attached hydrogens (tertiary/aromatic N) is 1. The third-order valence-corrected chi connectivity index (χ3v) is 3.91. The maximum Gasteiger partial charge on any atom is 0.249 e. The molecule has 2 saturated heterocycles. The van der Waals surface area contributed by atoms with Crippen molar-refractivity contribution in [2.45, 2.75) is 33.1 Å². The fourth-order valence-corrected chi connectivity index (χ4v) is 2.49. The molecule has 1 atom stereocenters. The van der Waals surface area contributed by atoms with Gasteiger partial charge in [0.25, 0.3) is 0 Å². The zero-order valence-corrected chi connectivity index (χ0v) is 10.4. The van der Waals surface area contributed by atoms with Gasteiger partial charge in [0.2, 0.25) is 5.91 Å². The van der Waals surface area contributed by atoms with Crippen LogP contribution in [-0.4, -0.2) is 37.0 Å². The largest absolute Gasteiger partial charge is 0.339 e. The molecule has 0 saturated carbocycles. The van der Waals surface area contributed by atoms with Crippen molar-refractivity contribution in [3.05, 3.63) is 11.1 Å². The third-order valence-electron chi connectivity index (χ3n) is 3.91. The summed E-state index contributed by atoms with van der Waals surface area (Å²) in [4.78, 5) is 14.3. The van der Waals surface area contributed by atoms with Crippen LogP contribution in [-0.2, 0) is 4.79 Å². The van der Waals surface area contributed by atoms with Gasteiger partial charge in [-0.3, -0.25) is 4.79 Å². The smallest absolute Gasteiger partial charge is 0.249 e. The average molecular weight is 222 g/mol. The molecule has 0 spiro atoms. The molecule has 0 aromatic carbocycles. The van der Waals surface area contributed by atoms with Crippen LogP contribution in [0.4, 0.5) is 0 Å². The molecule has 2 fully saturated rings. The number of nitrogens with one attached hydrogen (secondary N) is 1. The Kier molecular flexibility index (Phi) is 3.64. The van der Waals surface area contributed by atoms with Crippen molar-refractivity contribution >= 4 is 5.91 Å². The molecule has 0 aromatic rings. The van der Waals surface area contributed by atoms with E-state index in [1.54, 1.807) is 0 Å². The summed E-state index contributed by atoms with van der Waals surface area (Å²) in [6.45, 7) is 7.93. The van der Waals surface area contributed by atoms with E-state index < -0.39 is 0 Å². The van der Waals surface area contributed by atoms with Crippen molar-refractivity contribution in [2.75, 3.05) is 26.2 Å². The van der Waals surface area contributed by atoms with Crippen molar-refractivity contribution in [2.24, 2.45) is 5.92 Å². The lowest BCUT2D eigenvalue weighted by molar-refractivity contribution is -0.129. The van der Waals surface area contributed by atoms with E-state index in [-0.39, 0.29) is 5.91 Å². The Labute approximate surface area is 97.9 Å². The molecule has 16 heavy (non-hydrogen) atoms. The normalized spacial score (nSPS) is 25.2. The summed E-state index contributed by atoms with van der Waals surface area (Å²) in [5.74, 6) is 0.990. The lowest BCUT2D eigenvalue weighted by atomic mass is 9.94. The first-order chi connectivity index (χ1) is 7.72. The standard InChI is InChI=1S/C13H22N2O/c1-3-11-5-4-6-15(9-11)13(16)10(2)12-7-14-8-12/h11,14H,3-9H2,1-2H3. The summed E-state index contributed by atoms with van der Waals surface area (Å²) in [6.07, 6.45) is 3.66. The highest BCUT2D eigenvalue weighted by molar-refractivity contribution is 5.94. The molecule has 2 aliphatic heterocycles. The molecule has 2 rings (SSSR count). The van der Waals surface area contributed by atoms with Crippen LogP contribution in [0.3, 0.4) is 0 Å². The molecule has 0 aromatic heterocycles. The van der Waals surface area contributed by atoms with Gasteiger partial charge in [-0.15, -0.1) is 0 Å². The molecular formula is C13H22N2O. The number of carbonyl (C=O) groups is 1. The van der Waals surface area contributed by atoms with Crippen molar-refractivity contribution in [1.29, 1.82) is 0 Å². The van der Waals surface area contributed by atoms with Gasteiger partial charge in [-0.2, -0.15) is 0 Å². The number of hydrogen-bond acceptors (Lipinski definition) is 2. The zero-order chi connectivity index (χ0) is 11.5. The minimum Gasteiger partial charge on any atom is -0.339 e. The maximum absolute atomic E-state index is 12.2. The number of piperidine rings is 1. The average Bonchev–Trinajstić information content (AvgIpc) is 2.25. The monoisotopic (exact) mass is 222 g/mol. The molecule has 2 heterocycles. The molecular weight excluding hydrogens is 200 g/mol. The zero-order valence-electron chi connectivity index (χ0n) is 10.4. The number of carbonyl (C=O) groups excluding carboxylic acids is 1. The second kappa shape index (κ2) is 5.00. The molecule has 3 nitrogen and oxygen atoms in total. The number of likely N-dealkylation sites (tertiary alicyclic amines) is 1. The Hall–Kier alpha value is -0.830. The van der Waals surface area contributed by atoms with E-state index in [1.807, 2.05) is 6.92 Å². The lowest BCUT2D eigenvalue weighted by Crippen LogP contribution is -2.43. The van der Waals surface area contributed by atoms with Gasteiger partial charge in [0.1, 0.15) is 0 Å². The van der Waals surface area contributed by atoms with Crippen LogP contribution in [0.1, 0.15) is 33.1 Å². The van der Waals surface area contributed by atoms with E-state index >= 15 is 0 Å². The first-order valence-electron chi connectivity index (χ1n) is 6.41. The Morgan fingerprint density at radius 1 is 1.50 bits per heavy atom. The molecule has 1 unspecified atom stereocenters. The SMILES string of the molecule is CCC1CCCN(C(=O)C(C)=C2CNC2)C1. The van der Waals surface area contributed by atoms with Crippen molar-refractivity contribution in [3.8, 4) is 0 Å². The maximum atomic E-state index is 12.2. The highest BCUT2D eigenvalue weighted by Crippen LogP contribution is 2.21. The predicted octanol–water partition coefficient (Wildman–Crippen LogP) is 1.55. The van der Waals surface area contributed by atoms with E-state index in [9.17, 15) is 4.79 Å². The molecule has 0 bridgehead atoms. The van der Waals surface area contributed by atoms with Crippen LogP contribution in [0.15, 0.2) is 11.1 Å². The molecule has 90 valence electrons. The minimum absolute atomic E-state index is 0.273. The summed E-state index contributed by atoms with van der Waals surface area (Å²) >= 11 is 0. The van der Waals surface area contributed by atoms with Gasteiger partial charge in [0.05, 0.1) is 0 Å². The predicted molar refractivity (Wildman–Crippen MR) is 65.2 cm³/mol. The number of amides is 1. The summed E-state index contributed by atoms with van der Waals surface area (Å²) in [5, 5.41) is 3.19. The van der Waals surface area contributed by atoms with E-state index in [0.717, 1.165) is 37.7 Å². The van der Waals surface area contributed by atoms with Crippen LogP contribution in [0.25, 0.3) is 0 Å². The van der Waals surface area contributed by atoms with Gasteiger partial charge in [-0.1, -0.05) is 13.3 Å². The highest BCUT2D eigenvalue weighted by Gasteiger charge is 2.25. The summed E-state index contributed by atoms with van der Waals surface area (Å²) in [7, 11) is 0. The number of hydrogen-bond donors (Lipinski definition) is 1. The summed E-state index contributed by atoms with van der Waals surface area (Å²) < 4.78 is 0. The topological polar surface area (TPSA) is 32.3 Å². The fourth-order valence-electron chi connectivity index (χ4n) is 2.49. The van der Waals surface area contributed by atoms with Gasteiger partial charge in [0.15, 0.2) is 0 Å². The van der Waals surface area contributed by atoms with Crippen molar-refractivity contribution < 1.29 is 4.79 Å². The van der Waals surface area contributed by atoms with Crippen LogP contribution in [0.5, 0.6) is 0 Å². The molecule has 0 aliphatic carbocycles. The Morgan fingerprint density at radius 2 is 2.25 bits per heavy atom. The molecule has 1 N–H and O–H groups in total.